The van der Waals surface area contributed by atoms with Crippen molar-refractivity contribution in [3.63, 3.8) is 0 Å². The smallest absolute Gasteiger partial charge is 0 e. The fourth-order valence-corrected chi connectivity index (χ4v) is 2.62. The second kappa shape index (κ2) is 4.65. The lowest BCUT2D eigenvalue weighted by molar-refractivity contribution is 0.580. The van der Waals surface area contributed by atoms with Crippen LogP contribution in [0.3, 0.4) is 0 Å². The van der Waals surface area contributed by atoms with Crippen LogP contribution in [0.2, 0.25) is 0 Å². The molecule has 0 fully saturated rings. The third-order valence-corrected chi connectivity index (χ3v) is 3.75. The third kappa shape index (κ3) is 2.34. The second-order valence-electron chi connectivity index (χ2n) is 5.75. The first kappa shape index (κ1) is 15.3. The maximum atomic E-state index is 2.30. The molecule has 0 atom stereocenters. The normalized spacial score (nSPS) is 11.2. The highest BCUT2D eigenvalue weighted by atomic mass is 14.3. The van der Waals surface area contributed by atoms with Crippen molar-refractivity contribution in [2.75, 3.05) is 0 Å². The molecule has 0 aliphatic rings. The molecule has 0 unspecified atom stereocenters. The molecular weight excluding hydrogens is 191 g/mol. The van der Waals surface area contributed by atoms with Crippen molar-refractivity contribution in [1.29, 1.82) is 0 Å². The van der Waals surface area contributed by atoms with Crippen molar-refractivity contribution in [3.8, 4) is 0 Å². The Morgan fingerprint density at radius 3 is 1.06 bits per heavy atom. The zero-order valence-corrected chi connectivity index (χ0v) is 12.1. The highest BCUT2D eigenvalue weighted by Gasteiger charge is 2.22. The van der Waals surface area contributed by atoms with Crippen LogP contribution in [-0.4, -0.2) is 8.41 Å². The first-order valence-electron chi connectivity index (χ1n) is 5.75. The summed E-state index contributed by atoms with van der Waals surface area (Å²) in [7, 11) is 0. The molecule has 0 bridgehead atoms. The fourth-order valence-electron chi connectivity index (χ4n) is 2.62. The summed E-state index contributed by atoms with van der Waals surface area (Å²) in [6, 6.07) is 0. The zero-order chi connectivity index (χ0) is 12.0. The Labute approximate surface area is 103 Å². The van der Waals surface area contributed by atoms with Crippen molar-refractivity contribution >= 4 is 8.41 Å². The number of benzene rings is 1. The minimum Gasteiger partial charge on any atom is -0.0561 e. The summed E-state index contributed by atoms with van der Waals surface area (Å²) < 4.78 is 0. The van der Waals surface area contributed by atoms with Gasteiger partial charge in [-0.05, 0) is 73.4 Å². The van der Waals surface area contributed by atoms with E-state index in [-0.39, 0.29) is 13.8 Å². The van der Waals surface area contributed by atoms with Crippen molar-refractivity contribution in [3.05, 3.63) is 33.4 Å². The van der Waals surface area contributed by atoms with Gasteiger partial charge in [0.2, 0.25) is 0 Å². The van der Waals surface area contributed by atoms with Gasteiger partial charge in [-0.15, -0.1) is 0 Å². The summed E-state index contributed by atoms with van der Waals surface area (Å²) in [4.78, 5) is 0. The Kier molecular flexibility index (Phi) is 4.44. The molecule has 16 heavy (non-hydrogen) atoms. The highest BCUT2D eigenvalue weighted by molar-refractivity contribution is 5.75. The molecule has 87 valence electrons. The average Bonchev–Trinajstić information content (AvgIpc) is 2.09. The first-order chi connectivity index (χ1) is 6.68. The SMILES string of the molecule is Cc1c(C)c(C)c(C(C)(C)C)c(C)c1C.[B]. The molecule has 1 heteroatoms. The van der Waals surface area contributed by atoms with E-state index in [4.69, 9.17) is 0 Å². The van der Waals surface area contributed by atoms with Gasteiger partial charge in [-0.2, -0.15) is 0 Å². The lowest BCUT2D eigenvalue weighted by atomic mass is 9.77. The molecule has 1 aromatic rings. The summed E-state index contributed by atoms with van der Waals surface area (Å²) in [6.45, 7) is 18.1. The van der Waals surface area contributed by atoms with Crippen molar-refractivity contribution in [2.24, 2.45) is 0 Å². The molecule has 3 radical (unpaired) electrons. The Morgan fingerprint density at radius 1 is 0.562 bits per heavy atom. The molecule has 0 spiro atoms. The van der Waals surface area contributed by atoms with Gasteiger partial charge in [0.15, 0.2) is 0 Å². The summed E-state index contributed by atoms with van der Waals surface area (Å²) in [6.07, 6.45) is 0. The second-order valence-corrected chi connectivity index (χ2v) is 5.75. The van der Waals surface area contributed by atoms with E-state index in [1.165, 1.54) is 33.4 Å². The van der Waals surface area contributed by atoms with Gasteiger partial charge >= 0.3 is 0 Å². The van der Waals surface area contributed by atoms with E-state index in [1.54, 1.807) is 0 Å². The summed E-state index contributed by atoms with van der Waals surface area (Å²) >= 11 is 0. The van der Waals surface area contributed by atoms with E-state index in [0.717, 1.165) is 0 Å². The maximum Gasteiger partial charge on any atom is 0 e. The van der Waals surface area contributed by atoms with E-state index >= 15 is 0 Å². The molecule has 0 amide bonds. The van der Waals surface area contributed by atoms with Crippen LogP contribution in [0.25, 0.3) is 0 Å². The topological polar surface area (TPSA) is 0 Å². The van der Waals surface area contributed by atoms with Crippen molar-refractivity contribution < 1.29 is 0 Å². The Bertz CT molecular complexity index is 366. The largest absolute Gasteiger partial charge is 0.0561 e. The predicted molar refractivity (Wildman–Crippen MR) is 74.6 cm³/mol. The monoisotopic (exact) mass is 215 g/mol. The van der Waals surface area contributed by atoms with Crippen LogP contribution in [-0.2, 0) is 5.41 Å². The van der Waals surface area contributed by atoms with Crippen LogP contribution in [0, 0.1) is 34.6 Å². The molecule has 1 aromatic carbocycles. The molecule has 0 saturated carbocycles. The Hall–Kier alpha value is -0.715. The van der Waals surface area contributed by atoms with Gasteiger partial charge in [0, 0.05) is 8.41 Å². The molecule has 0 N–H and O–H groups in total. The minimum atomic E-state index is 0. The van der Waals surface area contributed by atoms with Gasteiger partial charge in [-0.3, -0.25) is 0 Å². The quantitative estimate of drug-likeness (QED) is 0.570. The van der Waals surface area contributed by atoms with Gasteiger partial charge in [0.05, 0.1) is 0 Å². The summed E-state index contributed by atoms with van der Waals surface area (Å²) in [5, 5.41) is 0. The maximum absolute atomic E-state index is 2.30. The standard InChI is InChI=1S/C15H24.B/c1-9-10(2)12(4)14(15(6,7)8)13(5)11(9)3;/h1-8H3;. The molecule has 0 nitrogen and oxygen atoms in total. The lowest BCUT2D eigenvalue weighted by Gasteiger charge is -2.28. The third-order valence-electron chi connectivity index (χ3n) is 3.75. The molecule has 1 rings (SSSR count). The molecule has 0 heterocycles. The number of hydrogen-bond acceptors (Lipinski definition) is 0. The van der Waals surface area contributed by atoms with Crippen LogP contribution in [0.1, 0.15) is 54.2 Å². The van der Waals surface area contributed by atoms with Crippen LogP contribution < -0.4 is 0 Å². The van der Waals surface area contributed by atoms with E-state index in [9.17, 15) is 0 Å². The van der Waals surface area contributed by atoms with Crippen LogP contribution in [0.4, 0.5) is 0 Å². The van der Waals surface area contributed by atoms with Crippen molar-refractivity contribution in [2.45, 2.75) is 60.8 Å². The number of hydrogen-bond donors (Lipinski definition) is 0. The predicted octanol–water partition coefficient (Wildman–Crippen LogP) is 4.15. The van der Waals surface area contributed by atoms with Gasteiger partial charge < -0.3 is 0 Å². The van der Waals surface area contributed by atoms with Crippen LogP contribution in [0.15, 0.2) is 0 Å². The van der Waals surface area contributed by atoms with Gasteiger partial charge in [-0.1, -0.05) is 20.8 Å². The summed E-state index contributed by atoms with van der Waals surface area (Å²) in [5.41, 5.74) is 9.11. The van der Waals surface area contributed by atoms with Gasteiger partial charge in [0.25, 0.3) is 0 Å². The van der Waals surface area contributed by atoms with E-state index in [2.05, 4.69) is 55.4 Å². The Balaban J connectivity index is 0.00000225. The van der Waals surface area contributed by atoms with Crippen molar-refractivity contribution in [1.82, 2.24) is 0 Å². The van der Waals surface area contributed by atoms with E-state index in [1.807, 2.05) is 0 Å². The van der Waals surface area contributed by atoms with Crippen LogP contribution in [0.5, 0.6) is 0 Å². The lowest BCUT2D eigenvalue weighted by Crippen LogP contribution is -2.17. The molecule has 0 aliphatic heterocycles. The molecule has 0 aromatic heterocycles. The molecular formula is C15H24B. The van der Waals surface area contributed by atoms with E-state index < -0.39 is 0 Å². The average molecular weight is 215 g/mol. The highest BCUT2D eigenvalue weighted by Crippen LogP contribution is 2.34. The summed E-state index contributed by atoms with van der Waals surface area (Å²) in [5.74, 6) is 0. The number of rotatable bonds is 0. The molecule has 0 saturated heterocycles. The first-order valence-corrected chi connectivity index (χ1v) is 5.75. The van der Waals surface area contributed by atoms with E-state index in [0.29, 0.717) is 0 Å². The van der Waals surface area contributed by atoms with Gasteiger partial charge in [0.1, 0.15) is 0 Å². The molecule has 0 aliphatic carbocycles. The van der Waals surface area contributed by atoms with Crippen LogP contribution >= 0.6 is 0 Å². The fraction of sp³-hybridized carbons (Fsp3) is 0.600. The van der Waals surface area contributed by atoms with Gasteiger partial charge in [-0.25, -0.2) is 0 Å². The zero-order valence-electron chi connectivity index (χ0n) is 12.1. The Morgan fingerprint density at radius 2 is 0.812 bits per heavy atom. The minimum absolute atomic E-state index is 0.